The minimum Gasteiger partial charge on any atom is -0.341 e. The van der Waals surface area contributed by atoms with Gasteiger partial charge in [-0.05, 0) is 86.0 Å². The van der Waals surface area contributed by atoms with E-state index in [2.05, 4.69) is 30.3 Å². The van der Waals surface area contributed by atoms with Crippen molar-refractivity contribution in [3.63, 3.8) is 0 Å². The molecule has 1 aliphatic carbocycles. The molecule has 4 heteroatoms. The highest BCUT2D eigenvalue weighted by Gasteiger charge is 2.42. The third-order valence-corrected chi connectivity index (χ3v) is 7.21. The lowest BCUT2D eigenvalue weighted by Crippen LogP contribution is -2.49. The third kappa shape index (κ3) is 4.92. The summed E-state index contributed by atoms with van der Waals surface area (Å²) in [5, 5.41) is 0. The monoisotopic (exact) mass is 408 g/mol. The van der Waals surface area contributed by atoms with Gasteiger partial charge in [-0.25, -0.2) is 4.39 Å². The Balaban J connectivity index is 1.42. The number of nitrogens with two attached hydrogens (primary N) is 1. The van der Waals surface area contributed by atoms with E-state index in [1.54, 1.807) is 19.1 Å². The van der Waals surface area contributed by atoms with Crippen molar-refractivity contribution in [2.45, 2.75) is 57.4 Å². The number of likely N-dealkylation sites (tertiary alicyclic amines) is 1. The molecule has 1 saturated carbocycles. The van der Waals surface area contributed by atoms with E-state index in [1.807, 2.05) is 17.0 Å². The van der Waals surface area contributed by atoms with Crippen molar-refractivity contribution >= 4 is 5.91 Å². The molecule has 160 valence electrons. The summed E-state index contributed by atoms with van der Waals surface area (Å²) < 4.78 is 13.4. The predicted molar refractivity (Wildman–Crippen MR) is 119 cm³/mol. The molecule has 1 heterocycles. The fourth-order valence-corrected chi connectivity index (χ4v) is 5.21. The second-order valence-electron chi connectivity index (χ2n) is 9.47. The van der Waals surface area contributed by atoms with E-state index in [-0.39, 0.29) is 17.1 Å². The number of carbonyl (C=O) groups is 1. The minimum atomic E-state index is -0.437. The maximum atomic E-state index is 13.4. The first-order chi connectivity index (χ1) is 14.5. The normalized spacial score (nSPS) is 23.8. The highest BCUT2D eigenvalue weighted by molar-refractivity contribution is 5.81. The van der Waals surface area contributed by atoms with E-state index < -0.39 is 6.04 Å². The zero-order valence-electron chi connectivity index (χ0n) is 17.9. The van der Waals surface area contributed by atoms with Crippen molar-refractivity contribution in [1.82, 2.24) is 4.90 Å². The van der Waals surface area contributed by atoms with Gasteiger partial charge in [0.2, 0.25) is 5.91 Å². The highest BCUT2D eigenvalue weighted by atomic mass is 19.1. The first-order valence-corrected chi connectivity index (χ1v) is 11.3. The Labute approximate surface area is 179 Å². The SMILES string of the molecule is C[C@H](N)C(=O)N1CCC(CC[C@@H]2CC2c2ccccc2)(Cc2ccc(F)cc2)CC1. The molecule has 3 atom stereocenters. The molecule has 2 aromatic rings. The Bertz CT molecular complexity index is 841. The average Bonchev–Trinajstić information content (AvgIpc) is 3.55. The summed E-state index contributed by atoms with van der Waals surface area (Å²) in [7, 11) is 0. The van der Waals surface area contributed by atoms with E-state index >= 15 is 0 Å². The summed E-state index contributed by atoms with van der Waals surface area (Å²) in [6.07, 6.45) is 6.61. The molecule has 2 fully saturated rings. The molecule has 1 unspecified atom stereocenters. The van der Waals surface area contributed by atoms with Crippen LogP contribution in [0.4, 0.5) is 4.39 Å². The molecule has 1 aliphatic heterocycles. The largest absolute Gasteiger partial charge is 0.341 e. The summed E-state index contributed by atoms with van der Waals surface area (Å²) in [5.74, 6) is 1.33. The van der Waals surface area contributed by atoms with Crippen molar-refractivity contribution in [3.8, 4) is 0 Å². The number of hydrogen-bond acceptors (Lipinski definition) is 2. The molecule has 0 bridgehead atoms. The lowest BCUT2D eigenvalue weighted by molar-refractivity contribution is -0.134. The first-order valence-electron chi connectivity index (χ1n) is 11.3. The van der Waals surface area contributed by atoms with E-state index in [0.717, 1.165) is 38.3 Å². The molecule has 1 amide bonds. The lowest BCUT2D eigenvalue weighted by Gasteiger charge is -2.43. The maximum absolute atomic E-state index is 13.4. The Hall–Kier alpha value is -2.20. The molecule has 0 spiro atoms. The van der Waals surface area contributed by atoms with Gasteiger partial charge in [0.1, 0.15) is 5.82 Å². The Morgan fingerprint density at radius 3 is 2.43 bits per heavy atom. The number of hydrogen-bond donors (Lipinski definition) is 1. The summed E-state index contributed by atoms with van der Waals surface area (Å²) in [5.41, 5.74) is 8.66. The van der Waals surface area contributed by atoms with E-state index in [9.17, 15) is 9.18 Å². The second kappa shape index (κ2) is 8.89. The molecule has 2 aliphatic rings. The molecular formula is C26H33FN2O. The van der Waals surface area contributed by atoms with Gasteiger partial charge in [0.15, 0.2) is 0 Å². The fraction of sp³-hybridized carbons (Fsp3) is 0.500. The van der Waals surface area contributed by atoms with Gasteiger partial charge in [-0.3, -0.25) is 4.79 Å². The molecule has 0 radical (unpaired) electrons. The zero-order valence-corrected chi connectivity index (χ0v) is 17.9. The van der Waals surface area contributed by atoms with Crippen LogP contribution >= 0.6 is 0 Å². The number of halogens is 1. The standard InChI is InChI=1S/C26H33FN2O/c1-19(28)25(30)29-15-13-26(14-16-29,18-20-7-9-23(27)10-8-20)12-11-22-17-24(22)21-5-3-2-4-6-21/h2-10,19,22,24H,11-18,28H2,1H3/t19-,22+,24?/m0/s1. The average molecular weight is 409 g/mol. The topological polar surface area (TPSA) is 46.3 Å². The molecule has 3 nitrogen and oxygen atoms in total. The van der Waals surface area contributed by atoms with Gasteiger partial charge in [0.05, 0.1) is 6.04 Å². The van der Waals surface area contributed by atoms with Crippen molar-refractivity contribution in [2.75, 3.05) is 13.1 Å². The molecule has 30 heavy (non-hydrogen) atoms. The molecule has 1 saturated heterocycles. The molecular weight excluding hydrogens is 375 g/mol. The Kier molecular flexibility index (Phi) is 6.24. The van der Waals surface area contributed by atoms with Crippen molar-refractivity contribution < 1.29 is 9.18 Å². The Morgan fingerprint density at radius 2 is 1.80 bits per heavy atom. The highest BCUT2D eigenvalue weighted by Crippen LogP contribution is 2.52. The van der Waals surface area contributed by atoms with Crippen LogP contribution in [0.1, 0.15) is 56.1 Å². The zero-order chi connectivity index (χ0) is 21.1. The summed E-state index contributed by atoms with van der Waals surface area (Å²) >= 11 is 0. The van der Waals surface area contributed by atoms with Crippen LogP contribution in [0.25, 0.3) is 0 Å². The Morgan fingerprint density at radius 1 is 1.13 bits per heavy atom. The number of carbonyl (C=O) groups excluding carboxylic acids is 1. The van der Waals surface area contributed by atoms with Crippen molar-refractivity contribution in [3.05, 3.63) is 71.5 Å². The van der Waals surface area contributed by atoms with Crippen LogP contribution in [0.2, 0.25) is 0 Å². The van der Waals surface area contributed by atoms with Crippen LogP contribution in [0, 0.1) is 17.2 Å². The van der Waals surface area contributed by atoms with Crippen LogP contribution in [-0.4, -0.2) is 29.9 Å². The van der Waals surface area contributed by atoms with Crippen molar-refractivity contribution in [1.29, 1.82) is 0 Å². The van der Waals surface area contributed by atoms with Gasteiger partial charge < -0.3 is 10.6 Å². The summed E-state index contributed by atoms with van der Waals surface area (Å²) in [6.45, 7) is 3.31. The van der Waals surface area contributed by atoms with Gasteiger partial charge in [0.25, 0.3) is 0 Å². The van der Waals surface area contributed by atoms with Crippen molar-refractivity contribution in [2.24, 2.45) is 17.1 Å². The fourth-order valence-electron chi connectivity index (χ4n) is 5.21. The van der Waals surface area contributed by atoms with Gasteiger partial charge in [0, 0.05) is 13.1 Å². The number of rotatable bonds is 7. The van der Waals surface area contributed by atoms with E-state index in [4.69, 9.17) is 5.73 Å². The molecule has 0 aromatic heterocycles. The quantitative estimate of drug-likeness (QED) is 0.708. The van der Waals surface area contributed by atoms with E-state index in [1.165, 1.54) is 30.4 Å². The van der Waals surface area contributed by atoms with Gasteiger partial charge in [-0.15, -0.1) is 0 Å². The maximum Gasteiger partial charge on any atom is 0.239 e. The second-order valence-corrected chi connectivity index (χ2v) is 9.47. The minimum absolute atomic E-state index is 0.0525. The molecule has 4 rings (SSSR count). The number of piperidine rings is 1. The van der Waals surface area contributed by atoms with Crippen LogP contribution in [0.3, 0.4) is 0 Å². The molecule has 2 aromatic carbocycles. The van der Waals surface area contributed by atoms with E-state index in [0.29, 0.717) is 5.92 Å². The summed E-state index contributed by atoms with van der Waals surface area (Å²) in [6, 6.07) is 17.4. The van der Waals surface area contributed by atoms with Crippen LogP contribution in [0.15, 0.2) is 54.6 Å². The van der Waals surface area contributed by atoms with Crippen LogP contribution in [0.5, 0.6) is 0 Å². The third-order valence-electron chi connectivity index (χ3n) is 7.21. The lowest BCUT2D eigenvalue weighted by atomic mass is 9.70. The predicted octanol–water partition coefficient (Wildman–Crippen LogP) is 4.91. The van der Waals surface area contributed by atoms with Gasteiger partial charge in [-0.1, -0.05) is 42.5 Å². The van der Waals surface area contributed by atoms with Crippen LogP contribution in [-0.2, 0) is 11.2 Å². The first kappa shape index (κ1) is 21.0. The van der Waals surface area contributed by atoms with Crippen LogP contribution < -0.4 is 5.73 Å². The van der Waals surface area contributed by atoms with Gasteiger partial charge >= 0.3 is 0 Å². The number of nitrogens with zero attached hydrogens (tertiary/aromatic N) is 1. The smallest absolute Gasteiger partial charge is 0.239 e. The van der Waals surface area contributed by atoms with Gasteiger partial charge in [-0.2, -0.15) is 0 Å². The molecule has 2 N–H and O–H groups in total. The number of amides is 1. The summed E-state index contributed by atoms with van der Waals surface area (Å²) in [4.78, 5) is 14.3. The number of benzene rings is 2.